The zero-order chi connectivity index (χ0) is 20.2. The van der Waals surface area contributed by atoms with Gasteiger partial charge in [0.25, 0.3) is 0 Å². The van der Waals surface area contributed by atoms with Gasteiger partial charge in [-0.2, -0.15) is 0 Å². The van der Waals surface area contributed by atoms with Crippen LogP contribution in [0.1, 0.15) is 46.1 Å². The SMILES string of the molecule is CCCCN1C(=O)[C@@H]2[C@@H](C1=O)[C@H](C(=O)C(C)(C)C)N1c3ccccc3C=C[C@H]21. The van der Waals surface area contributed by atoms with Crippen molar-refractivity contribution in [1.29, 1.82) is 0 Å². The lowest BCUT2D eigenvalue weighted by Gasteiger charge is -2.38. The highest BCUT2D eigenvalue weighted by atomic mass is 16.2. The number of nitrogens with zero attached hydrogens (tertiary/aromatic N) is 2. The summed E-state index contributed by atoms with van der Waals surface area (Å²) in [6.45, 7) is 8.16. The van der Waals surface area contributed by atoms with Gasteiger partial charge in [-0.3, -0.25) is 19.3 Å². The van der Waals surface area contributed by atoms with Crippen LogP contribution in [0, 0.1) is 17.3 Å². The molecule has 0 aliphatic carbocycles. The Morgan fingerprint density at radius 1 is 1.07 bits per heavy atom. The fourth-order valence-corrected chi connectivity index (χ4v) is 4.86. The molecule has 3 heterocycles. The number of benzene rings is 1. The third-order valence-electron chi connectivity index (χ3n) is 6.25. The quantitative estimate of drug-likeness (QED) is 0.752. The second kappa shape index (κ2) is 6.57. The predicted molar refractivity (Wildman–Crippen MR) is 109 cm³/mol. The lowest BCUT2D eigenvalue weighted by Crippen LogP contribution is -2.51. The molecular formula is C23H28N2O3. The van der Waals surface area contributed by atoms with Crippen LogP contribution >= 0.6 is 0 Å². The molecule has 0 unspecified atom stereocenters. The second-order valence-electron chi connectivity index (χ2n) is 9.11. The number of fused-ring (bicyclic) bond motifs is 5. The Hall–Kier alpha value is -2.43. The van der Waals surface area contributed by atoms with Crippen molar-refractivity contribution in [2.75, 3.05) is 11.4 Å². The van der Waals surface area contributed by atoms with Crippen molar-refractivity contribution in [3.63, 3.8) is 0 Å². The number of unbranched alkanes of at least 4 members (excludes halogenated alkanes) is 1. The van der Waals surface area contributed by atoms with Gasteiger partial charge in [-0.15, -0.1) is 0 Å². The van der Waals surface area contributed by atoms with Crippen LogP contribution in [0.5, 0.6) is 0 Å². The molecule has 28 heavy (non-hydrogen) atoms. The maximum absolute atomic E-state index is 13.5. The minimum atomic E-state index is -0.607. The van der Waals surface area contributed by atoms with Crippen molar-refractivity contribution in [1.82, 2.24) is 4.90 Å². The van der Waals surface area contributed by atoms with E-state index in [9.17, 15) is 14.4 Å². The normalized spacial score (nSPS) is 28.4. The summed E-state index contributed by atoms with van der Waals surface area (Å²) in [4.78, 5) is 43.5. The van der Waals surface area contributed by atoms with Crippen molar-refractivity contribution < 1.29 is 14.4 Å². The zero-order valence-corrected chi connectivity index (χ0v) is 17.0. The summed E-state index contributed by atoms with van der Waals surface area (Å²) < 4.78 is 0. The topological polar surface area (TPSA) is 57.7 Å². The molecule has 2 amide bonds. The van der Waals surface area contributed by atoms with Gasteiger partial charge in [-0.1, -0.05) is 64.5 Å². The van der Waals surface area contributed by atoms with Gasteiger partial charge >= 0.3 is 0 Å². The average molecular weight is 380 g/mol. The van der Waals surface area contributed by atoms with Gasteiger partial charge in [0.1, 0.15) is 6.04 Å². The van der Waals surface area contributed by atoms with Crippen LogP contribution in [0.3, 0.4) is 0 Å². The first kappa shape index (κ1) is 18.9. The number of Topliss-reactive ketones (excluding diaryl/α,β-unsaturated/α-hetero) is 1. The minimum Gasteiger partial charge on any atom is -0.353 e. The van der Waals surface area contributed by atoms with E-state index < -0.39 is 23.3 Å². The summed E-state index contributed by atoms with van der Waals surface area (Å²) in [5, 5.41) is 0. The van der Waals surface area contributed by atoms with Gasteiger partial charge in [0.2, 0.25) is 11.8 Å². The van der Waals surface area contributed by atoms with Crippen molar-refractivity contribution in [2.45, 2.75) is 52.6 Å². The van der Waals surface area contributed by atoms with Gasteiger partial charge < -0.3 is 4.90 Å². The van der Waals surface area contributed by atoms with Crippen molar-refractivity contribution in [3.8, 4) is 0 Å². The van der Waals surface area contributed by atoms with E-state index in [2.05, 4.69) is 0 Å². The van der Waals surface area contributed by atoms with Crippen molar-refractivity contribution >= 4 is 29.4 Å². The molecule has 4 atom stereocenters. The Bertz CT molecular complexity index is 867. The van der Waals surface area contributed by atoms with Gasteiger partial charge in [-0.25, -0.2) is 0 Å². The zero-order valence-electron chi connectivity index (χ0n) is 17.0. The van der Waals surface area contributed by atoms with Gasteiger partial charge in [0.15, 0.2) is 5.78 Å². The maximum Gasteiger partial charge on any atom is 0.235 e. The van der Waals surface area contributed by atoms with E-state index >= 15 is 0 Å². The molecule has 0 saturated carbocycles. The minimum absolute atomic E-state index is 0.0218. The third-order valence-corrected chi connectivity index (χ3v) is 6.25. The molecular weight excluding hydrogens is 352 g/mol. The highest BCUT2D eigenvalue weighted by Crippen LogP contribution is 2.49. The second-order valence-corrected chi connectivity index (χ2v) is 9.11. The summed E-state index contributed by atoms with van der Waals surface area (Å²) >= 11 is 0. The molecule has 1 aromatic carbocycles. The summed E-state index contributed by atoms with van der Waals surface area (Å²) in [5.74, 6) is -1.35. The summed E-state index contributed by atoms with van der Waals surface area (Å²) in [5.41, 5.74) is 1.36. The molecule has 1 aromatic rings. The van der Waals surface area contributed by atoms with Gasteiger partial charge in [-0.05, 0) is 18.1 Å². The van der Waals surface area contributed by atoms with E-state index in [0.717, 1.165) is 24.1 Å². The lowest BCUT2D eigenvalue weighted by molar-refractivity contribution is -0.142. The Balaban J connectivity index is 1.82. The maximum atomic E-state index is 13.5. The van der Waals surface area contributed by atoms with Crippen LogP contribution in [0.4, 0.5) is 5.69 Å². The predicted octanol–water partition coefficient (Wildman–Crippen LogP) is 3.29. The molecule has 0 aromatic heterocycles. The highest BCUT2D eigenvalue weighted by Gasteiger charge is 2.64. The fourth-order valence-electron chi connectivity index (χ4n) is 4.86. The van der Waals surface area contributed by atoms with Crippen LogP contribution in [0.2, 0.25) is 0 Å². The number of likely N-dealkylation sites (tertiary alicyclic amines) is 1. The van der Waals surface area contributed by atoms with Gasteiger partial charge in [0.05, 0.1) is 17.9 Å². The van der Waals surface area contributed by atoms with E-state index in [1.165, 1.54) is 4.90 Å². The van der Waals surface area contributed by atoms with E-state index in [0.29, 0.717) is 6.54 Å². The number of para-hydroxylation sites is 1. The monoisotopic (exact) mass is 380 g/mol. The van der Waals surface area contributed by atoms with Crippen molar-refractivity contribution in [3.05, 3.63) is 35.9 Å². The number of ketones is 1. The smallest absolute Gasteiger partial charge is 0.235 e. The molecule has 5 heteroatoms. The summed E-state index contributed by atoms with van der Waals surface area (Å²) in [7, 11) is 0. The molecule has 0 N–H and O–H groups in total. The Labute approximate surface area is 166 Å². The first-order chi connectivity index (χ1) is 13.3. The first-order valence-electron chi connectivity index (χ1n) is 10.2. The van der Waals surface area contributed by atoms with Crippen LogP contribution in [0.15, 0.2) is 30.3 Å². The largest absolute Gasteiger partial charge is 0.353 e. The summed E-state index contributed by atoms with van der Waals surface area (Å²) in [6.07, 6.45) is 5.73. The van der Waals surface area contributed by atoms with E-state index in [1.54, 1.807) is 0 Å². The van der Waals surface area contributed by atoms with E-state index in [1.807, 2.05) is 69.0 Å². The number of imide groups is 1. The molecule has 3 aliphatic heterocycles. The number of anilines is 1. The molecule has 0 bridgehead atoms. The lowest BCUT2D eigenvalue weighted by atomic mass is 9.79. The number of hydrogen-bond acceptors (Lipinski definition) is 4. The van der Waals surface area contributed by atoms with E-state index in [4.69, 9.17) is 0 Å². The Kier molecular flexibility index (Phi) is 4.44. The molecule has 148 valence electrons. The standard InChI is InChI=1S/C23H28N2O3/c1-5-6-13-24-21(27)17-16-12-11-14-9-7-8-10-15(14)25(16)19(18(17)22(24)28)20(26)23(2,3)4/h7-12,16-19H,5-6,13H2,1-4H3/t16-,17+,18-,19-/m1/s1. The third kappa shape index (κ3) is 2.63. The number of rotatable bonds is 4. The fraction of sp³-hybridized carbons (Fsp3) is 0.522. The Morgan fingerprint density at radius 2 is 1.75 bits per heavy atom. The molecule has 2 fully saturated rings. The summed E-state index contributed by atoms with van der Waals surface area (Å²) in [6, 6.07) is 7.04. The Morgan fingerprint density at radius 3 is 2.43 bits per heavy atom. The van der Waals surface area contributed by atoms with Crippen LogP contribution in [-0.4, -0.2) is 41.1 Å². The van der Waals surface area contributed by atoms with E-state index in [-0.39, 0.29) is 23.6 Å². The molecule has 2 saturated heterocycles. The number of carbonyl (C=O) groups excluding carboxylic acids is 3. The molecule has 3 aliphatic rings. The highest BCUT2D eigenvalue weighted by molar-refractivity contribution is 6.11. The number of hydrogen-bond donors (Lipinski definition) is 0. The van der Waals surface area contributed by atoms with Crippen molar-refractivity contribution in [2.24, 2.45) is 17.3 Å². The number of carbonyl (C=O) groups is 3. The molecule has 5 nitrogen and oxygen atoms in total. The van der Waals surface area contributed by atoms with Crippen LogP contribution in [-0.2, 0) is 14.4 Å². The molecule has 4 rings (SSSR count). The average Bonchev–Trinajstić information content (AvgIpc) is 3.12. The van der Waals surface area contributed by atoms with Gasteiger partial charge in [0, 0.05) is 17.6 Å². The first-order valence-corrected chi connectivity index (χ1v) is 10.2. The van der Waals surface area contributed by atoms with Crippen LogP contribution in [0.25, 0.3) is 6.08 Å². The molecule has 0 radical (unpaired) electrons. The van der Waals surface area contributed by atoms with Crippen LogP contribution < -0.4 is 4.90 Å². The number of amides is 2. The molecule has 0 spiro atoms.